The molecule has 0 aromatic rings. The van der Waals surface area contributed by atoms with Crippen LogP contribution in [-0.4, -0.2) is 17.0 Å². The normalized spacial score (nSPS) is 54.3. The van der Waals surface area contributed by atoms with Crippen molar-refractivity contribution in [2.45, 2.75) is 58.5 Å². The molecule has 6 atom stereocenters. The lowest BCUT2D eigenvalue weighted by Gasteiger charge is -2.51. The van der Waals surface area contributed by atoms with E-state index in [0.29, 0.717) is 23.5 Å². The molecular formula is C15H24O2. The van der Waals surface area contributed by atoms with E-state index < -0.39 is 0 Å². The number of hydrogen-bond donors (Lipinski definition) is 1. The lowest BCUT2D eigenvalue weighted by molar-refractivity contribution is -0.133. The third-order valence-corrected chi connectivity index (χ3v) is 6.32. The predicted octanol–water partition coefficient (Wildman–Crippen LogP) is 2.79. The van der Waals surface area contributed by atoms with Crippen LogP contribution in [0, 0.1) is 29.1 Å². The van der Waals surface area contributed by atoms with Crippen LogP contribution in [0.1, 0.15) is 52.4 Å². The van der Waals surface area contributed by atoms with E-state index in [1.54, 1.807) is 0 Å². The molecule has 0 aromatic heterocycles. The van der Waals surface area contributed by atoms with E-state index in [-0.39, 0.29) is 17.4 Å². The molecule has 96 valence electrons. The van der Waals surface area contributed by atoms with Crippen LogP contribution in [0.25, 0.3) is 0 Å². The number of aliphatic hydroxyl groups is 1. The van der Waals surface area contributed by atoms with Crippen molar-refractivity contribution < 1.29 is 9.90 Å². The van der Waals surface area contributed by atoms with Gasteiger partial charge in [-0.2, -0.15) is 0 Å². The van der Waals surface area contributed by atoms with Gasteiger partial charge in [0.2, 0.25) is 0 Å². The number of carbonyl (C=O) groups is 1. The maximum atomic E-state index is 11.8. The first-order chi connectivity index (χ1) is 8.04. The number of rotatable bonds is 0. The van der Waals surface area contributed by atoms with E-state index in [4.69, 9.17) is 0 Å². The molecule has 0 amide bonds. The van der Waals surface area contributed by atoms with Crippen molar-refractivity contribution in [1.82, 2.24) is 0 Å². The number of ketones is 1. The Morgan fingerprint density at radius 1 is 1.18 bits per heavy atom. The first kappa shape index (κ1) is 11.7. The summed E-state index contributed by atoms with van der Waals surface area (Å²) in [6.45, 7) is 4.42. The molecule has 17 heavy (non-hydrogen) atoms. The van der Waals surface area contributed by atoms with Crippen LogP contribution < -0.4 is 0 Å². The lowest BCUT2D eigenvalue weighted by atomic mass is 9.54. The number of Topliss-reactive ketones (excluding diaryl/α,β-unsaturated/α-hetero) is 1. The summed E-state index contributed by atoms with van der Waals surface area (Å²) in [5, 5.41) is 10.2. The van der Waals surface area contributed by atoms with E-state index in [1.807, 2.05) is 0 Å². The molecule has 1 N–H and O–H groups in total. The summed E-state index contributed by atoms with van der Waals surface area (Å²) in [7, 11) is 0. The minimum Gasteiger partial charge on any atom is -0.393 e. The Kier molecular flexibility index (Phi) is 2.62. The Morgan fingerprint density at radius 2 is 1.94 bits per heavy atom. The standard InChI is InChI=1S/C15H24O2/c1-9-10-7-8-15(2)12(4-6-14(15)17)11(10)3-5-13(9)16/h9-12,14,17H,3-8H2,1-2H3/t9?,10?,11-,12?,14+,15+/m1/s1. The van der Waals surface area contributed by atoms with Crippen LogP contribution in [-0.2, 0) is 4.79 Å². The molecular weight excluding hydrogens is 212 g/mol. The molecule has 3 fully saturated rings. The van der Waals surface area contributed by atoms with Gasteiger partial charge in [0.1, 0.15) is 5.78 Å². The fourth-order valence-electron chi connectivity index (χ4n) is 5.10. The minimum absolute atomic E-state index is 0.0959. The van der Waals surface area contributed by atoms with Crippen molar-refractivity contribution in [1.29, 1.82) is 0 Å². The van der Waals surface area contributed by atoms with Crippen molar-refractivity contribution >= 4 is 5.78 Å². The van der Waals surface area contributed by atoms with Crippen LogP contribution in [0.15, 0.2) is 0 Å². The van der Waals surface area contributed by atoms with Gasteiger partial charge in [-0.3, -0.25) is 4.79 Å². The third kappa shape index (κ3) is 1.53. The van der Waals surface area contributed by atoms with Crippen LogP contribution in [0.2, 0.25) is 0 Å². The van der Waals surface area contributed by atoms with E-state index in [1.165, 1.54) is 6.42 Å². The van der Waals surface area contributed by atoms with Gasteiger partial charge in [-0.25, -0.2) is 0 Å². The zero-order valence-electron chi connectivity index (χ0n) is 11.0. The Balaban J connectivity index is 1.87. The van der Waals surface area contributed by atoms with Gasteiger partial charge < -0.3 is 5.11 Å². The van der Waals surface area contributed by atoms with Gasteiger partial charge in [0, 0.05) is 12.3 Å². The zero-order valence-corrected chi connectivity index (χ0v) is 11.0. The molecule has 0 saturated heterocycles. The maximum absolute atomic E-state index is 11.8. The molecule has 0 heterocycles. The molecule has 3 saturated carbocycles. The molecule has 0 bridgehead atoms. The highest BCUT2D eigenvalue weighted by molar-refractivity contribution is 5.81. The van der Waals surface area contributed by atoms with Gasteiger partial charge in [-0.15, -0.1) is 0 Å². The minimum atomic E-state index is -0.0959. The van der Waals surface area contributed by atoms with E-state index in [9.17, 15) is 9.90 Å². The van der Waals surface area contributed by atoms with Crippen molar-refractivity contribution in [3.8, 4) is 0 Å². The Morgan fingerprint density at radius 3 is 2.71 bits per heavy atom. The maximum Gasteiger partial charge on any atom is 0.135 e. The second kappa shape index (κ2) is 3.81. The van der Waals surface area contributed by atoms with Gasteiger partial charge in [-0.05, 0) is 55.3 Å². The van der Waals surface area contributed by atoms with Gasteiger partial charge >= 0.3 is 0 Å². The fraction of sp³-hybridized carbons (Fsp3) is 0.933. The number of fused-ring (bicyclic) bond motifs is 3. The van der Waals surface area contributed by atoms with Crippen LogP contribution in [0.5, 0.6) is 0 Å². The van der Waals surface area contributed by atoms with Gasteiger partial charge in [0.05, 0.1) is 6.10 Å². The first-order valence-electron chi connectivity index (χ1n) is 7.25. The van der Waals surface area contributed by atoms with Gasteiger partial charge in [0.25, 0.3) is 0 Å². The molecule has 3 aliphatic carbocycles. The average molecular weight is 236 g/mol. The van der Waals surface area contributed by atoms with E-state index in [0.717, 1.165) is 32.1 Å². The SMILES string of the molecule is CC1C(=O)CC[C@@H]2C1CC[C@@]1(C)C2CC[C@@H]1O. The summed E-state index contributed by atoms with van der Waals surface area (Å²) < 4.78 is 0. The molecule has 3 rings (SSSR count). The summed E-state index contributed by atoms with van der Waals surface area (Å²) in [6, 6.07) is 0. The monoisotopic (exact) mass is 236 g/mol. The van der Waals surface area contributed by atoms with E-state index >= 15 is 0 Å². The molecule has 2 nitrogen and oxygen atoms in total. The van der Waals surface area contributed by atoms with Crippen LogP contribution in [0.3, 0.4) is 0 Å². The molecule has 3 unspecified atom stereocenters. The van der Waals surface area contributed by atoms with Crippen LogP contribution in [0.4, 0.5) is 0 Å². The molecule has 2 heteroatoms. The number of carbonyl (C=O) groups excluding carboxylic acids is 1. The Labute approximate surface area is 104 Å². The Hall–Kier alpha value is -0.370. The average Bonchev–Trinajstić information content (AvgIpc) is 2.61. The highest BCUT2D eigenvalue weighted by Crippen LogP contribution is 2.59. The molecule has 3 aliphatic rings. The number of hydrogen-bond acceptors (Lipinski definition) is 2. The highest BCUT2D eigenvalue weighted by atomic mass is 16.3. The summed E-state index contributed by atoms with van der Waals surface area (Å²) in [4.78, 5) is 11.8. The molecule has 0 radical (unpaired) electrons. The second-order valence-corrected chi connectivity index (χ2v) is 6.87. The van der Waals surface area contributed by atoms with Crippen molar-refractivity contribution in [2.75, 3.05) is 0 Å². The number of aliphatic hydroxyl groups excluding tert-OH is 1. The van der Waals surface area contributed by atoms with Gasteiger partial charge in [-0.1, -0.05) is 13.8 Å². The van der Waals surface area contributed by atoms with Gasteiger partial charge in [0.15, 0.2) is 0 Å². The fourth-order valence-corrected chi connectivity index (χ4v) is 5.10. The summed E-state index contributed by atoms with van der Waals surface area (Å²) in [5.41, 5.74) is 0.154. The molecule has 0 spiro atoms. The topological polar surface area (TPSA) is 37.3 Å². The first-order valence-corrected chi connectivity index (χ1v) is 7.25. The van der Waals surface area contributed by atoms with E-state index in [2.05, 4.69) is 13.8 Å². The van der Waals surface area contributed by atoms with Crippen LogP contribution >= 0.6 is 0 Å². The Bertz CT molecular complexity index is 338. The quantitative estimate of drug-likeness (QED) is 0.702. The predicted molar refractivity (Wildman–Crippen MR) is 66.5 cm³/mol. The largest absolute Gasteiger partial charge is 0.393 e. The van der Waals surface area contributed by atoms with Crippen molar-refractivity contribution in [3.05, 3.63) is 0 Å². The zero-order chi connectivity index (χ0) is 12.2. The molecule has 0 aliphatic heterocycles. The molecule has 0 aromatic carbocycles. The van der Waals surface area contributed by atoms with Crippen molar-refractivity contribution in [2.24, 2.45) is 29.1 Å². The highest BCUT2D eigenvalue weighted by Gasteiger charge is 2.55. The summed E-state index contributed by atoms with van der Waals surface area (Å²) >= 11 is 0. The smallest absolute Gasteiger partial charge is 0.135 e. The van der Waals surface area contributed by atoms with Crippen molar-refractivity contribution in [3.63, 3.8) is 0 Å². The summed E-state index contributed by atoms with van der Waals surface area (Å²) in [6.07, 6.45) is 6.21. The lowest BCUT2D eigenvalue weighted by Crippen LogP contribution is -2.48. The third-order valence-electron chi connectivity index (χ3n) is 6.32. The summed E-state index contributed by atoms with van der Waals surface area (Å²) in [5.74, 6) is 2.74. The second-order valence-electron chi connectivity index (χ2n) is 6.87.